The number of hydrogen-bond acceptors (Lipinski definition) is 7. The van der Waals surface area contributed by atoms with Crippen LogP contribution < -0.4 is 14.8 Å². The number of anilines is 1. The molecule has 0 amide bonds. The predicted molar refractivity (Wildman–Crippen MR) is 141 cm³/mol. The first-order valence-corrected chi connectivity index (χ1v) is 13.8. The van der Waals surface area contributed by atoms with Crippen LogP contribution in [0.3, 0.4) is 0 Å². The van der Waals surface area contributed by atoms with Gasteiger partial charge >= 0.3 is 0 Å². The number of ether oxygens (including phenoxy) is 1. The molecule has 1 saturated heterocycles. The summed E-state index contributed by atoms with van der Waals surface area (Å²) in [5.74, 6) is 0.246. The number of nitrogens with one attached hydrogen (secondary N) is 2. The second-order valence-corrected chi connectivity index (χ2v) is 11.5. The number of halogens is 1. The van der Waals surface area contributed by atoms with E-state index in [0.29, 0.717) is 28.0 Å². The van der Waals surface area contributed by atoms with E-state index in [4.69, 9.17) is 9.72 Å². The number of hydrogen-bond donors (Lipinski definition) is 2. The zero-order valence-corrected chi connectivity index (χ0v) is 21.0. The molecule has 2 aliphatic carbocycles. The molecule has 3 aromatic rings. The highest BCUT2D eigenvalue weighted by Gasteiger charge is 2.45. The number of benzene rings is 2. The maximum Gasteiger partial charge on any atom is 0.182 e. The van der Waals surface area contributed by atoms with Gasteiger partial charge in [0.25, 0.3) is 0 Å². The Morgan fingerprint density at radius 1 is 1.11 bits per heavy atom. The van der Waals surface area contributed by atoms with E-state index in [1.165, 1.54) is 44.6 Å². The molecular weight excluding hydrogens is 473 g/mol. The van der Waals surface area contributed by atoms with E-state index >= 15 is 0 Å². The van der Waals surface area contributed by atoms with Gasteiger partial charge in [-0.3, -0.25) is 4.98 Å². The van der Waals surface area contributed by atoms with Gasteiger partial charge in [-0.25, -0.2) is 9.37 Å². The van der Waals surface area contributed by atoms with Crippen molar-refractivity contribution in [3.8, 4) is 17.6 Å². The standard InChI is InChI=1S/C28H30FN5OS/c29-22-6-8-23(34-36-20-3-1-2-4-20)21(16-30)27(22)35-19-5-7-24-25(13-19)33-26(17-32-24)18-14-28(15-18)9-11-31-12-10-28/h5-8,13,17-18,20,31,34H,1-4,9-12,14-15H2. The summed E-state index contributed by atoms with van der Waals surface area (Å²) in [5, 5.41) is 13.8. The van der Waals surface area contributed by atoms with Crippen molar-refractivity contribution in [2.75, 3.05) is 17.8 Å². The van der Waals surface area contributed by atoms with Gasteiger partial charge < -0.3 is 14.8 Å². The van der Waals surface area contributed by atoms with E-state index in [0.717, 1.165) is 42.7 Å². The molecule has 1 spiro atoms. The molecule has 3 fully saturated rings. The van der Waals surface area contributed by atoms with Crippen LogP contribution >= 0.6 is 11.9 Å². The fraction of sp³-hybridized carbons (Fsp3) is 0.464. The van der Waals surface area contributed by atoms with Crippen molar-refractivity contribution in [2.45, 2.75) is 62.5 Å². The van der Waals surface area contributed by atoms with Gasteiger partial charge in [-0.05, 0) is 93.2 Å². The smallest absolute Gasteiger partial charge is 0.182 e. The Bertz CT molecular complexity index is 1310. The lowest BCUT2D eigenvalue weighted by molar-refractivity contribution is 0.0586. The average molecular weight is 504 g/mol. The Hall–Kier alpha value is -2.89. The summed E-state index contributed by atoms with van der Waals surface area (Å²) in [6.45, 7) is 2.21. The zero-order valence-electron chi connectivity index (χ0n) is 20.2. The molecule has 2 saturated carbocycles. The van der Waals surface area contributed by atoms with Gasteiger partial charge in [-0.2, -0.15) is 5.26 Å². The van der Waals surface area contributed by atoms with Crippen molar-refractivity contribution in [1.82, 2.24) is 15.3 Å². The van der Waals surface area contributed by atoms with Gasteiger partial charge in [0.05, 0.1) is 22.4 Å². The fourth-order valence-electron chi connectivity index (χ4n) is 5.95. The summed E-state index contributed by atoms with van der Waals surface area (Å²) < 4.78 is 24.0. The molecule has 0 bridgehead atoms. The Balaban J connectivity index is 1.22. The van der Waals surface area contributed by atoms with Crippen LogP contribution in [0, 0.1) is 22.6 Å². The third-order valence-corrected chi connectivity index (χ3v) is 9.20. The van der Waals surface area contributed by atoms with Crippen molar-refractivity contribution in [1.29, 1.82) is 5.26 Å². The van der Waals surface area contributed by atoms with Crippen LogP contribution in [0.4, 0.5) is 10.1 Å². The summed E-state index contributed by atoms with van der Waals surface area (Å²) in [4.78, 5) is 9.52. The van der Waals surface area contributed by atoms with Crippen LogP contribution in [0.1, 0.15) is 68.5 Å². The SMILES string of the molecule is N#Cc1c(NSC2CCCC2)ccc(F)c1Oc1ccc2ncc(C3CC4(CCNCC4)C3)nc2c1. The van der Waals surface area contributed by atoms with Gasteiger partial charge in [0.1, 0.15) is 17.4 Å². The highest BCUT2D eigenvalue weighted by Crippen LogP contribution is 2.55. The number of nitriles is 1. The summed E-state index contributed by atoms with van der Waals surface area (Å²) in [5.41, 5.74) is 3.72. The quantitative estimate of drug-likeness (QED) is 0.363. The average Bonchev–Trinajstić information content (AvgIpc) is 3.41. The first kappa shape index (κ1) is 23.5. The third kappa shape index (κ3) is 4.62. The van der Waals surface area contributed by atoms with Gasteiger partial charge in [0.15, 0.2) is 11.6 Å². The molecule has 6 rings (SSSR count). The first-order valence-electron chi connectivity index (χ1n) is 12.9. The fourth-order valence-corrected chi connectivity index (χ4v) is 6.98. The minimum atomic E-state index is -0.565. The lowest BCUT2D eigenvalue weighted by atomic mass is 9.57. The number of piperidine rings is 1. The maximum absolute atomic E-state index is 14.8. The van der Waals surface area contributed by atoms with Crippen molar-refractivity contribution >= 4 is 28.7 Å². The Kier molecular flexibility index (Phi) is 6.44. The van der Waals surface area contributed by atoms with Crippen LogP contribution in [0.5, 0.6) is 11.5 Å². The zero-order chi connectivity index (χ0) is 24.5. The largest absolute Gasteiger partial charge is 0.453 e. The van der Waals surface area contributed by atoms with E-state index in [-0.39, 0.29) is 11.3 Å². The van der Waals surface area contributed by atoms with Crippen LogP contribution in [0.2, 0.25) is 0 Å². The molecule has 6 nitrogen and oxygen atoms in total. The highest BCUT2D eigenvalue weighted by atomic mass is 32.2. The second-order valence-electron chi connectivity index (χ2n) is 10.4. The van der Waals surface area contributed by atoms with Gasteiger partial charge in [-0.15, -0.1) is 0 Å². The molecule has 0 radical (unpaired) electrons. The molecule has 0 atom stereocenters. The first-order chi connectivity index (χ1) is 17.6. The predicted octanol–water partition coefficient (Wildman–Crippen LogP) is 6.68. The van der Waals surface area contributed by atoms with Crippen LogP contribution in [-0.4, -0.2) is 28.3 Å². The molecule has 1 aromatic heterocycles. The highest BCUT2D eigenvalue weighted by molar-refractivity contribution is 8.01. The lowest BCUT2D eigenvalue weighted by Crippen LogP contribution is -2.44. The van der Waals surface area contributed by atoms with Crippen molar-refractivity contribution in [2.24, 2.45) is 5.41 Å². The molecule has 2 heterocycles. The summed E-state index contributed by atoms with van der Waals surface area (Å²) >= 11 is 1.61. The van der Waals surface area contributed by atoms with Gasteiger partial charge in [0.2, 0.25) is 0 Å². The van der Waals surface area contributed by atoms with Crippen molar-refractivity contribution in [3.63, 3.8) is 0 Å². The topological polar surface area (TPSA) is 82.9 Å². The van der Waals surface area contributed by atoms with Crippen molar-refractivity contribution in [3.05, 3.63) is 53.6 Å². The molecular formula is C28H30FN5OS. The van der Waals surface area contributed by atoms with Crippen molar-refractivity contribution < 1.29 is 9.13 Å². The monoisotopic (exact) mass is 503 g/mol. The molecule has 8 heteroatoms. The lowest BCUT2D eigenvalue weighted by Gasteiger charge is -2.50. The summed E-state index contributed by atoms with van der Waals surface area (Å²) in [6, 6.07) is 10.5. The maximum atomic E-state index is 14.8. The molecule has 186 valence electrons. The Labute approximate surface area is 215 Å². The number of nitrogens with zero attached hydrogens (tertiary/aromatic N) is 3. The van der Waals surface area contributed by atoms with E-state index in [1.807, 2.05) is 12.3 Å². The molecule has 1 aliphatic heterocycles. The minimum absolute atomic E-state index is 0.0650. The molecule has 36 heavy (non-hydrogen) atoms. The summed E-state index contributed by atoms with van der Waals surface area (Å²) in [6.07, 6.45) is 11.5. The molecule has 0 unspecified atom stereocenters. The molecule has 3 aliphatic rings. The van der Waals surface area contributed by atoms with E-state index in [9.17, 15) is 9.65 Å². The minimum Gasteiger partial charge on any atom is -0.453 e. The normalized spacial score (nSPS) is 19.8. The molecule has 2 aromatic carbocycles. The Morgan fingerprint density at radius 3 is 2.69 bits per heavy atom. The van der Waals surface area contributed by atoms with E-state index in [1.54, 1.807) is 30.1 Å². The third-order valence-electron chi connectivity index (χ3n) is 8.05. The number of rotatable bonds is 6. The number of fused-ring (bicyclic) bond motifs is 1. The Morgan fingerprint density at radius 2 is 1.92 bits per heavy atom. The molecule has 2 N–H and O–H groups in total. The second kappa shape index (κ2) is 9.87. The number of aromatic nitrogens is 2. The van der Waals surface area contributed by atoms with Crippen LogP contribution in [0.15, 0.2) is 36.5 Å². The van der Waals surface area contributed by atoms with Gasteiger partial charge in [0, 0.05) is 23.4 Å². The summed E-state index contributed by atoms with van der Waals surface area (Å²) in [7, 11) is 0. The van der Waals surface area contributed by atoms with Crippen LogP contribution in [-0.2, 0) is 0 Å². The van der Waals surface area contributed by atoms with Gasteiger partial charge in [-0.1, -0.05) is 12.8 Å². The van der Waals surface area contributed by atoms with E-state index < -0.39 is 5.82 Å². The van der Waals surface area contributed by atoms with E-state index in [2.05, 4.69) is 21.1 Å². The van der Waals surface area contributed by atoms with Crippen LogP contribution in [0.25, 0.3) is 11.0 Å².